The molecule has 4 heteroatoms. The highest BCUT2D eigenvalue weighted by atomic mass is 16.4. The van der Waals surface area contributed by atoms with Gasteiger partial charge in [0.25, 0.3) is 0 Å². The summed E-state index contributed by atoms with van der Waals surface area (Å²) in [6, 6.07) is 9.00. The number of nitrogens with zero attached hydrogens (tertiary/aromatic N) is 1. The predicted molar refractivity (Wildman–Crippen MR) is 58.8 cm³/mol. The van der Waals surface area contributed by atoms with Gasteiger partial charge in [0.05, 0.1) is 0 Å². The summed E-state index contributed by atoms with van der Waals surface area (Å²) in [5.41, 5.74) is 0.690. The first-order valence-electron chi connectivity index (χ1n) is 4.98. The van der Waals surface area contributed by atoms with Gasteiger partial charge in [-0.1, -0.05) is 24.3 Å². The van der Waals surface area contributed by atoms with Crippen molar-refractivity contribution >= 4 is 17.6 Å². The molecule has 0 aliphatic carbocycles. The van der Waals surface area contributed by atoms with E-state index in [9.17, 15) is 9.59 Å². The lowest BCUT2D eigenvalue weighted by Crippen LogP contribution is -2.38. The monoisotopic (exact) mass is 217 g/mol. The van der Waals surface area contributed by atoms with Crippen molar-refractivity contribution in [3.05, 3.63) is 42.6 Å². The Balaban J connectivity index is 2.30. The third-order valence-corrected chi connectivity index (χ3v) is 2.49. The lowest BCUT2D eigenvalue weighted by Gasteiger charge is -2.25. The number of carboxylic acid groups (broad SMARTS) is 1. The largest absolute Gasteiger partial charge is 0.481 e. The van der Waals surface area contributed by atoms with E-state index in [0.717, 1.165) is 0 Å². The highest BCUT2D eigenvalue weighted by Gasteiger charge is 2.31. The quantitative estimate of drug-likeness (QED) is 0.766. The Labute approximate surface area is 92.8 Å². The number of carbonyl (C=O) groups excluding carboxylic acids is 1. The van der Waals surface area contributed by atoms with Gasteiger partial charge in [0.1, 0.15) is 5.92 Å². The summed E-state index contributed by atoms with van der Waals surface area (Å²) in [7, 11) is 0. The first-order valence-corrected chi connectivity index (χ1v) is 4.98. The minimum atomic E-state index is -1.07. The summed E-state index contributed by atoms with van der Waals surface area (Å²) < 4.78 is 0. The molecule has 82 valence electrons. The van der Waals surface area contributed by atoms with E-state index in [-0.39, 0.29) is 12.3 Å². The van der Waals surface area contributed by atoms with Crippen LogP contribution in [0, 0.1) is 5.92 Å². The third kappa shape index (κ3) is 1.82. The molecule has 1 aliphatic heterocycles. The number of carboxylic acids is 1. The zero-order valence-corrected chi connectivity index (χ0v) is 8.54. The average Bonchev–Trinajstić information content (AvgIpc) is 2.30. The number of anilines is 1. The van der Waals surface area contributed by atoms with Crippen LogP contribution >= 0.6 is 0 Å². The van der Waals surface area contributed by atoms with Crippen LogP contribution in [0.2, 0.25) is 0 Å². The van der Waals surface area contributed by atoms with E-state index in [1.54, 1.807) is 36.5 Å². The Morgan fingerprint density at radius 3 is 2.62 bits per heavy atom. The van der Waals surface area contributed by atoms with E-state index >= 15 is 0 Å². The summed E-state index contributed by atoms with van der Waals surface area (Å²) in [5.74, 6) is -2.43. The molecule has 1 heterocycles. The molecule has 1 aromatic carbocycles. The van der Waals surface area contributed by atoms with Gasteiger partial charge in [-0.05, 0) is 18.6 Å². The van der Waals surface area contributed by atoms with Crippen LogP contribution in [0.25, 0.3) is 0 Å². The van der Waals surface area contributed by atoms with Crippen LogP contribution in [0.5, 0.6) is 0 Å². The Kier molecular flexibility index (Phi) is 2.72. The molecule has 2 rings (SSSR count). The molecule has 0 bridgehead atoms. The fourth-order valence-corrected chi connectivity index (χ4v) is 1.65. The fraction of sp³-hybridized carbons (Fsp3) is 0.167. The van der Waals surface area contributed by atoms with Crippen molar-refractivity contribution in [2.75, 3.05) is 4.90 Å². The number of hydrogen-bond donors (Lipinski definition) is 1. The predicted octanol–water partition coefficient (Wildman–Crippen LogP) is 1.64. The lowest BCUT2D eigenvalue weighted by atomic mass is 10.0. The molecule has 0 aromatic heterocycles. The standard InChI is InChI=1S/C12H11NO3/c14-11-10(12(15)16)7-4-8-13(11)9-5-2-1-3-6-9/h1-6,8,10H,7H2,(H,15,16). The van der Waals surface area contributed by atoms with Crippen LogP contribution in [0.3, 0.4) is 0 Å². The van der Waals surface area contributed by atoms with E-state index < -0.39 is 11.9 Å². The molecule has 4 nitrogen and oxygen atoms in total. The maximum Gasteiger partial charge on any atom is 0.316 e. The first kappa shape index (κ1) is 10.4. The van der Waals surface area contributed by atoms with Gasteiger partial charge in [0, 0.05) is 11.9 Å². The maximum atomic E-state index is 11.9. The zero-order chi connectivity index (χ0) is 11.5. The van der Waals surface area contributed by atoms with Gasteiger partial charge in [0.15, 0.2) is 0 Å². The van der Waals surface area contributed by atoms with Crippen LogP contribution in [-0.2, 0) is 9.59 Å². The molecule has 16 heavy (non-hydrogen) atoms. The number of rotatable bonds is 2. The van der Waals surface area contributed by atoms with Gasteiger partial charge in [0.2, 0.25) is 5.91 Å². The second-order valence-corrected chi connectivity index (χ2v) is 3.56. The molecule has 0 spiro atoms. The number of carbonyl (C=O) groups is 2. The summed E-state index contributed by atoms with van der Waals surface area (Å²) in [5, 5.41) is 8.89. The van der Waals surface area contributed by atoms with Crippen molar-refractivity contribution in [2.45, 2.75) is 6.42 Å². The fourth-order valence-electron chi connectivity index (χ4n) is 1.65. The Bertz CT molecular complexity index is 439. The smallest absolute Gasteiger partial charge is 0.316 e. The molecule has 1 unspecified atom stereocenters. The van der Waals surface area contributed by atoms with E-state index in [4.69, 9.17) is 5.11 Å². The van der Waals surface area contributed by atoms with Crippen molar-refractivity contribution < 1.29 is 14.7 Å². The Morgan fingerprint density at radius 1 is 1.31 bits per heavy atom. The number of allylic oxidation sites excluding steroid dienone is 1. The highest BCUT2D eigenvalue weighted by molar-refractivity contribution is 6.07. The molecule has 1 aliphatic rings. The molecule has 1 amide bonds. The van der Waals surface area contributed by atoms with Gasteiger partial charge < -0.3 is 5.11 Å². The van der Waals surface area contributed by atoms with Gasteiger partial charge in [-0.25, -0.2) is 0 Å². The number of hydrogen-bond acceptors (Lipinski definition) is 2. The van der Waals surface area contributed by atoms with Crippen LogP contribution in [0.1, 0.15) is 6.42 Å². The van der Waals surface area contributed by atoms with E-state index in [2.05, 4.69) is 0 Å². The van der Waals surface area contributed by atoms with Crippen molar-refractivity contribution in [2.24, 2.45) is 5.92 Å². The SMILES string of the molecule is O=C(O)C1CC=CN(c2ccccc2)C1=O. The molecule has 1 N–H and O–H groups in total. The molecule has 0 fully saturated rings. The summed E-state index contributed by atoms with van der Waals surface area (Å²) in [6.45, 7) is 0. The first-order chi connectivity index (χ1) is 7.70. The Morgan fingerprint density at radius 2 is 2.00 bits per heavy atom. The lowest BCUT2D eigenvalue weighted by molar-refractivity contribution is -0.146. The van der Waals surface area contributed by atoms with Crippen LogP contribution in [0.4, 0.5) is 5.69 Å². The van der Waals surface area contributed by atoms with E-state index in [1.807, 2.05) is 6.07 Å². The van der Waals surface area contributed by atoms with Crippen molar-refractivity contribution in [3.63, 3.8) is 0 Å². The molecular weight excluding hydrogens is 206 g/mol. The summed E-state index contributed by atoms with van der Waals surface area (Å²) in [4.78, 5) is 24.1. The second-order valence-electron chi connectivity index (χ2n) is 3.56. The van der Waals surface area contributed by atoms with E-state index in [1.165, 1.54) is 4.90 Å². The molecular formula is C12H11NO3. The summed E-state index contributed by atoms with van der Waals surface area (Å²) >= 11 is 0. The molecule has 0 saturated heterocycles. The minimum absolute atomic E-state index is 0.261. The number of aliphatic carboxylic acids is 1. The number of benzene rings is 1. The Hall–Kier alpha value is -2.10. The summed E-state index contributed by atoms with van der Waals surface area (Å²) in [6.07, 6.45) is 3.59. The van der Waals surface area contributed by atoms with Crippen molar-refractivity contribution in [1.82, 2.24) is 0 Å². The van der Waals surface area contributed by atoms with Gasteiger partial charge in [-0.2, -0.15) is 0 Å². The molecule has 0 saturated carbocycles. The van der Waals surface area contributed by atoms with Crippen molar-refractivity contribution in [3.8, 4) is 0 Å². The number of para-hydroxylation sites is 1. The maximum absolute atomic E-state index is 11.9. The van der Waals surface area contributed by atoms with Gasteiger partial charge >= 0.3 is 5.97 Å². The molecule has 0 radical (unpaired) electrons. The van der Waals surface area contributed by atoms with Crippen LogP contribution in [0.15, 0.2) is 42.6 Å². The van der Waals surface area contributed by atoms with Crippen LogP contribution < -0.4 is 4.90 Å². The molecule has 1 aromatic rings. The minimum Gasteiger partial charge on any atom is -0.481 e. The van der Waals surface area contributed by atoms with Gasteiger partial charge in [-0.15, -0.1) is 0 Å². The normalized spacial score (nSPS) is 19.9. The topological polar surface area (TPSA) is 57.6 Å². The van der Waals surface area contributed by atoms with Crippen LogP contribution in [-0.4, -0.2) is 17.0 Å². The van der Waals surface area contributed by atoms with Crippen molar-refractivity contribution in [1.29, 1.82) is 0 Å². The van der Waals surface area contributed by atoms with Gasteiger partial charge in [-0.3, -0.25) is 14.5 Å². The van der Waals surface area contributed by atoms with E-state index in [0.29, 0.717) is 5.69 Å². The number of amides is 1. The zero-order valence-electron chi connectivity index (χ0n) is 8.54. The average molecular weight is 217 g/mol. The second kappa shape index (κ2) is 4.18. The highest BCUT2D eigenvalue weighted by Crippen LogP contribution is 2.22. The molecule has 1 atom stereocenters. The third-order valence-electron chi connectivity index (χ3n) is 2.49.